The van der Waals surface area contributed by atoms with Gasteiger partial charge in [-0.15, -0.1) is 5.10 Å². The maximum atomic E-state index is 11.6. The van der Waals surface area contributed by atoms with Gasteiger partial charge in [-0.25, -0.2) is 9.78 Å². The predicted octanol–water partition coefficient (Wildman–Crippen LogP) is 2.26. The summed E-state index contributed by atoms with van der Waals surface area (Å²) in [4.78, 5) is 27.4. The number of thioether (sulfide) groups is 1. The average molecular weight is 339 g/mol. The molecule has 0 spiro atoms. The fraction of sp³-hybridized carbons (Fsp3) is 0.733. The Morgan fingerprint density at radius 2 is 2.13 bits per heavy atom. The van der Waals surface area contributed by atoms with Crippen LogP contribution in [0.2, 0.25) is 0 Å². The van der Waals surface area contributed by atoms with Crippen LogP contribution in [0.1, 0.15) is 51.3 Å². The molecule has 0 aliphatic heterocycles. The molecule has 1 saturated carbocycles. The lowest BCUT2D eigenvalue weighted by Gasteiger charge is -2.05. The van der Waals surface area contributed by atoms with E-state index in [1.54, 1.807) is 0 Å². The molecule has 3 N–H and O–H groups in total. The average Bonchev–Trinajstić information content (AvgIpc) is 3.20. The lowest BCUT2D eigenvalue weighted by Crippen LogP contribution is -2.40. The number of aromatic amines is 1. The van der Waals surface area contributed by atoms with Crippen LogP contribution in [0.5, 0.6) is 0 Å². The number of hydrogen-bond donors (Lipinski definition) is 3. The third-order valence-electron chi connectivity index (χ3n) is 3.90. The zero-order chi connectivity index (χ0) is 16.5. The first-order valence-corrected chi connectivity index (χ1v) is 9.27. The fourth-order valence-corrected chi connectivity index (χ4v) is 3.29. The molecule has 1 aromatic heterocycles. The first kappa shape index (κ1) is 17.8. The van der Waals surface area contributed by atoms with Crippen LogP contribution in [-0.4, -0.2) is 39.4 Å². The molecule has 1 aliphatic rings. The van der Waals surface area contributed by atoms with Crippen molar-refractivity contribution in [3.05, 3.63) is 5.82 Å². The smallest absolute Gasteiger partial charge is 0.321 e. The van der Waals surface area contributed by atoms with Crippen molar-refractivity contribution >= 4 is 23.7 Å². The third kappa shape index (κ3) is 6.60. The Labute approximate surface area is 140 Å². The zero-order valence-electron chi connectivity index (χ0n) is 13.6. The Morgan fingerprint density at radius 1 is 1.35 bits per heavy atom. The molecule has 3 amide bonds. The monoisotopic (exact) mass is 339 g/mol. The van der Waals surface area contributed by atoms with Crippen LogP contribution in [0, 0.1) is 5.92 Å². The van der Waals surface area contributed by atoms with E-state index in [1.165, 1.54) is 37.4 Å². The maximum absolute atomic E-state index is 11.6. The molecule has 23 heavy (non-hydrogen) atoms. The Bertz CT molecular complexity index is 514. The van der Waals surface area contributed by atoms with Crippen molar-refractivity contribution in [2.75, 3.05) is 12.3 Å². The van der Waals surface area contributed by atoms with Gasteiger partial charge >= 0.3 is 6.03 Å². The van der Waals surface area contributed by atoms with Gasteiger partial charge in [0.15, 0.2) is 0 Å². The van der Waals surface area contributed by atoms with E-state index in [0.717, 1.165) is 31.0 Å². The van der Waals surface area contributed by atoms with Crippen molar-refractivity contribution in [3.8, 4) is 0 Å². The van der Waals surface area contributed by atoms with E-state index in [0.29, 0.717) is 11.7 Å². The normalized spacial score (nSPS) is 14.8. The van der Waals surface area contributed by atoms with Gasteiger partial charge in [0.25, 0.3) is 0 Å². The molecule has 0 aromatic carbocycles. The van der Waals surface area contributed by atoms with Crippen molar-refractivity contribution in [2.45, 2.75) is 57.0 Å². The molecule has 1 aliphatic carbocycles. The third-order valence-corrected chi connectivity index (χ3v) is 4.74. The number of amides is 3. The van der Waals surface area contributed by atoms with Crippen molar-refractivity contribution < 1.29 is 9.59 Å². The van der Waals surface area contributed by atoms with Gasteiger partial charge in [-0.2, -0.15) is 0 Å². The number of H-pyrrole nitrogens is 1. The fourth-order valence-electron chi connectivity index (χ4n) is 2.67. The van der Waals surface area contributed by atoms with Crippen LogP contribution in [0.3, 0.4) is 0 Å². The molecule has 128 valence electrons. The van der Waals surface area contributed by atoms with Crippen LogP contribution in [0.4, 0.5) is 4.79 Å². The number of imide groups is 1. The minimum absolute atomic E-state index is 0.124. The van der Waals surface area contributed by atoms with E-state index in [9.17, 15) is 9.59 Å². The van der Waals surface area contributed by atoms with Crippen molar-refractivity contribution in [1.82, 2.24) is 25.8 Å². The van der Waals surface area contributed by atoms with Crippen molar-refractivity contribution in [3.63, 3.8) is 0 Å². The molecular formula is C15H25N5O2S. The number of urea groups is 1. The minimum atomic E-state index is -0.454. The second-order valence-corrected chi connectivity index (χ2v) is 6.79. The number of nitrogens with one attached hydrogen (secondary N) is 3. The summed E-state index contributed by atoms with van der Waals surface area (Å²) in [5.74, 6) is 1.48. The largest absolute Gasteiger partial charge is 0.338 e. The molecule has 7 nitrogen and oxygen atoms in total. The first-order chi connectivity index (χ1) is 11.2. The van der Waals surface area contributed by atoms with Gasteiger partial charge in [-0.3, -0.25) is 15.2 Å². The Hall–Kier alpha value is -1.57. The van der Waals surface area contributed by atoms with Gasteiger partial charge in [-0.1, -0.05) is 44.4 Å². The van der Waals surface area contributed by atoms with E-state index >= 15 is 0 Å². The molecule has 1 fully saturated rings. The van der Waals surface area contributed by atoms with Gasteiger partial charge < -0.3 is 5.32 Å². The molecule has 0 atom stereocenters. The molecule has 1 heterocycles. The lowest BCUT2D eigenvalue weighted by molar-refractivity contribution is -0.117. The van der Waals surface area contributed by atoms with Crippen LogP contribution in [0.15, 0.2) is 5.16 Å². The Morgan fingerprint density at radius 3 is 2.87 bits per heavy atom. The summed E-state index contributed by atoms with van der Waals surface area (Å²) in [6, 6.07) is -0.454. The number of carbonyl (C=O) groups excluding carboxylic acids is 2. The topological polar surface area (TPSA) is 99.8 Å². The molecular weight excluding hydrogens is 314 g/mol. The van der Waals surface area contributed by atoms with Crippen LogP contribution >= 0.6 is 11.8 Å². The minimum Gasteiger partial charge on any atom is -0.338 e. The van der Waals surface area contributed by atoms with Gasteiger partial charge in [0.1, 0.15) is 5.82 Å². The summed E-state index contributed by atoms with van der Waals surface area (Å²) >= 11 is 1.23. The van der Waals surface area contributed by atoms with E-state index in [4.69, 9.17) is 0 Å². The van der Waals surface area contributed by atoms with E-state index in [-0.39, 0.29) is 11.7 Å². The second-order valence-electron chi connectivity index (χ2n) is 5.85. The van der Waals surface area contributed by atoms with Crippen LogP contribution in [-0.2, 0) is 11.2 Å². The van der Waals surface area contributed by atoms with E-state index < -0.39 is 6.03 Å². The molecule has 2 rings (SSSR count). The first-order valence-electron chi connectivity index (χ1n) is 8.29. The highest BCUT2D eigenvalue weighted by atomic mass is 32.2. The summed E-state index contributed by atoms with van der Waals surface area (Å²) in [7, 11) is 0. The maximum Gasteiger partial charge on any atom is 0.321 e. The van der Waals surface area contributed by atoms with Crippen molar-refractivity contribution in [1.29, 1.82) is 0 Å². The number of carbonyl (C=O) groups is 2. The highest BCUT2D eigenvalue weighted by Gasteiger charge is 2.16. The SMILES string of the molecule is CCCNC(=O)NC(=O)CSc1n[nH]c(CCC2CCCC2)n1. The molecule has 0 saturated heterocycles. The highest BCUT2D eigenvalue weighted by Crippen LogP contribution is 2.28. The predicted molar refractivity (Wildman–Crippen MR) is 89.2 cm³/mol. The quantitative estimate of drug-likeness (QED) is 0.631. The van der Waals surface area contributed by atoms with Gasteiger partial charge in [-0.05, 0) is 18.8 Å². The summed E-state index contributed by atoms with van der Waals surface area (Å²) < 4.78 is 0. The Kier molecular flexibility index (Phi) is 7.38. The summed E-state index contributed by atoms with van der Waals surface area (Å²) in [6.07, 6.45) is 8.25. The zero-order valence-corrected chi connectivity index (χ0v) is 14.4. The molecule has 0 bridgehead atoms. The van der Waals surface area contributed by atoms with Gasteiger partial charge in [0, 0.05) is 13.0 Å². The number of aryl methyl sites for hydroxylation is 1. The number of rotatable bonds is 8. The van der Waals surface area contributed by atoms with E-state index in [2.05, 4.69) is 25.8 Å². The number of aromatic nitrogens is 3. The lowest BCUT2D eigenvalue weighted by atomic mass is 10.0. The van der Waals surface area contributed by atoms with Gasteiger partial charge in [0.05, 0.1) is 5.75 Å². The summed E-state index contributed by atoms with van der Waals surface area (Å²) in [5, 5.41) is 12.5. The summed E-state index contributed by atoms with van der Waals surface area (Å²) in [6.45, 7) is 2.50. The van der Waals surface area contributed by atoms with E-state index in [1.807, 2.05) is 6.92 Å². The molecule has 0 unspecified atom stereocenters. The van der Waals surface area contributed by atoms with Gasteiger partial charge in [0.2, 0.25) is 11.1 Å². The standard InChI is InChI=1S/C15H25N5O2S/c1-2-9-16-14(22)18-13(21)10-23-15-17-12(19-20-15)8-7-11-5-3-4-6-11/h11H,2-10H2,1H3,(H,17,19,20)(H2,16,18,21,22). The number of nitrogens with zero attached hydrogens (tertiary/aromatic N) is 2. The Balaban J connectivity index is 1.65. The number of hydrogen-bond acceptors (Lipinski definition) is 5. The molecule has 0 radical (unpaired) electrons. The second kappa shape index (κ2) is 9.54. The summed E-state index contributed by atoms with van der Waals surface area (Å²) in [5.41, 5.74) is 0. The van der Waals surface area contributed by atoms with Crippen LogP contribution in [0.25, 0.3) is 0 Å². The highest BCUT2D eigenvalue weighted by molar-refractivity contribution is 7.99. The van der Waals surface area contributed by atoms with Crippen molar-refractivity contribution in [2.24, 2.45) is 5.92 Å². The molecule has 8 heteroatoms. The molecule has 1 aromatic rings. The van der Waals surface area contributed by atoms with Crippen LogP contribution < -0.4 is 10.6 Å².